The van der Waals surface area contributed by atoms with E-state index in [0.29, 0.717) is 10.1 Å². The number of rotatable bonds is 5. The molecule has 4 rings (SSSR count). The Balaban J connectivity index is 1.64. The summed E-state index contributed by atoms with van der Waals surface area (Å²) in [4.78, 5) is 25.4. The van der Waals surface area contributed by atoms with Crippen LogP contribution in [0.5, 0.6) is 5.75 Å². The number of aliphatic hydroxyl groups is 2. The number of hydrogen-bond acceptors (Lipinski definition) is 10. The Morgan fingerprint density at radius 1 is 1.48 bits per heavy atom. The summed E-state index contributed by atoms with van der Waals surface area (Å²) in [7, 11) is -4.75. The van der Waals surface area contributed by atoms with Crippen LogP contribution in [-0.2, 0) is 25.0 Å². The van der Waals surface area contributed by atoms with Crippen molar-refractivity contribution in [2.75, 3.05) is 6.56 Å². The van der Waals surface area contributed by atoms with Crippen LogP contribution in [-0.4, -0.2) is 50.7 Å². The molecule has 1 unspecified atom stereocenters. The van der Waals surface area contributed by atoms with Gasteiger partial charge in [0, 0.05) is 11.8 Å². The second-order valence-corrected chi connectivity index (χ2v) is 8.50. The summed E-state index contributed by atoms with van der Waals surface area (Å²) in [5, 5.41) is 20.6. The van der Waals surface area contributed by atoms with E-state index in [1.54, 1.807) is 18.2 Å². The van der Waals surface area contributed by atoms with Gasteiger partial charge in [-0.15, -0.1) is 0 Å². The minimum Gasteiger partial charge on any atom is -0.404 e. The van der Waals surface area contributed by atoms with E-state index in [4.69, 9.17) is 33.3 Å². The van der Waals surface area contributed by atoms with E-state index in [1.165, 1.54) is 6.07 Å². The average molecular weight is 476 g/mol. The fourth-order valence-corrected chi connectivity index (χ4v) is 4.22. The highest BCUT2D eigenvalue weighted by Gasteiger charge is 2.57. The van der Waals surface area contributed by atoms with Crippen molar-refractivity contribution in [1.82, 2.24) is 9.55 Å². The van der Waals surface area contributed by atoms with Crippen LogP contribution in [0.1, 0.15) is 24.9 Å². The van der Waals surface area contributed by atoms with Gasteiger partial charge in [0.25, 0.3) is 5.85 Å². The topological polar surface area (TPSA) is 149 Å². The molecule has 0 saturated carbocycles. The molecule has 0 amide bonds. The van der Waals surface area contributed by atoms with Gasteiger partial charge in [-0.2, -0.15) is 0 Å². The highest BCUT2D eigenvalue weighted by molar-refractivity contribution is 7.71. The number of aromatic amines is 1. The van der Waals surface area contributed by atoms with Crippen molar-refractivity contribution >= 4 is 26.3 Å². The van der Waals surface area contributed by atoms with E-state index in [-0.39, 0.29) is 28.8 Å². The minimum absolute atomic E-state index is 0.0501. The molecule has 11 nitrogen and oxygen atoms in total. The Kier molecular flexibility index (Phi) is 5.03. The summed E-state index contributed by atoms with van der Waals surface area (Å²) in [6.45, 7) is -4.02. The van der Waals surface area contributed by atoms with Crippen molar-refractivity contribution in [3.8, 4) is 5.75 Å². The zero-order valence-corrected chi connectivity index (χ0v) is 17.0. The summed E-state index contributed by atoms with van der Waals surface area (Å²) >= 11 is 4.80. The lowest BCUT2D eigenvalue weighted by Crippen LogP contribution is -2.43. The second kappa shape index (κ2) is 8.02. The first kappa shape index (κ1) is 19.4. The van der Waals surface area contributed by atoms with E-state index >= 15 is 4.39 Å². The maximum Gasteiger partial charge on any atom is 0.530 e. The fourth-order valence-electron chi connectivity index (χ4n) is 2.94. The summed E-state index contributed by atoms with van der Waals surface area (Å²) < 4.78 is 64.4. The van der Waals surface area contributed by atoms with E-state index in [9.17, 15) is 24.4 Å². The van der Waals surface area contributed by atoms with Crippen LogP contribution in [0.3, 0.4) is 0 Å². The number of alkyl halides is 1. The van der Waals surface area contributed by atoms with Gasteiger partial charge in [-0.25, -0.2) is 13.8 Å². The first-order valence-electron chi connectivity index (χ1n) is 9.67. The van der Waals surface area contributed by atoms with Crippen LogP contribution in [0.2, 0.25) is 0 Å². The SMILES string of the molecule is [2H]C([2H])(OP1(=O)OCc2ccccc2O1)[C@@]1(F)O[C@@H](n2cc(C=O)c(=S)[nH]c2=O)[C@H](O)[C@@H]1O. The molecule has 2 aliphatic rings. The second-order valence-electron chi connectivity index (χ2n) is 6.57. The molecule has 3 N–H and O–H groups in total. The Morgan fingerprint density at radius 2 is 2.23 bits per heavy atom. The molecule has 1 saturated heterocycles. The number of benzene rings is 1. The molecular formula is C17H16FN2O9PS. The van der Waals surface area contributed by atoms with E-state index in [1.807, 2.05) is 0 Å². The van der Waals surface area contributed by atoms with Crippen LogP contribution in [0.4, 0.5) is 4.39 Å². The van der Waals surface area contributed by atoms with Crippen LogP contribution < -0.4 is 10.2 Å². The standard InChI is InChI=1S/C17H16FN2O9PS/c18-17(8-27-30(25)26-7-9-3-1-2-4-11(9)29-30)13(23)12(22)15(28-17)20-5-10(6-21)14(31)19-16(20)24/h1-6,12-13,15,22-23H,7-8H2,(H,19,24,31)/t12-,13+,15-,17-,30?/m1/s1/i8D2. The van der Waals surface area contributed by atoms with Crippen molar-refractivity contribution in [2.24, 2.45) is 0 Å². The number of para-hydroxylation sites is 1. The van der Waals surface area contributed by atoms with Gasteiger partial charge in [-0.1, -0.05) is 30.4 Å². The maximum absolute atomic E-state index is 15.7. The third-order valence-electron chi connectivity index (χ3n) is 4.54. The predicted molar refractivity (Wildman–Crippen MR) is 103 cm³/mol. The number of fused-ring (bicyclic) bond motifs is 1. The van der Waals surface area contributed by atoms with Crippen LogP contribution in [0.25, 0.3) is 0 Å². The summed E-state index contributed by atoms with van der Waals surface area (Å²) in [6, 6.07) is 6.19. The number of hydrogen-bond donors (Lipinski definition) is 3. The molecule has 0 spiro atoms. The van der Waals surface area contributed by atoms with E-state index < -0.39 is 44.4 Å². The molecule has 0 aliphatic carbocycles. The molecule has 0 radical (unpaired) electrons. The molecule has 1 aromatic carbocycles. The number of H-pyrrole nitrogens is 1. The number of ether oxygens (including phenoxy) is 1. The first-order chi connectivity index (χ1) is 15.4. The van der Waals surface area contributed by atoms with Crippen LogP contribution in [0.15, 0.2) is 35.3 Å². The number of aliphatic hydroxyl groups excluding tert-OH is 2. The lowest BCUT2D eigenvalue weighted by Gasteiger charge is -2.28. The molecule has 2 aliphatic heterocycles. The molecule has 1 fully saturated rings. The van der Waals surface area contributed by atoms with Crippen molar-refractivity contribution in [1.29, 1.82) is 0 Å². The zero-order chi connectivity index (χ0) is 24.2. The van der Waals surface area contributed by atoms with Gasteiger partial charge in [0.1, 0.15) is 29.2 Å². The first-order valence-corrected chi connectivity index (χ1v) is 10.5. The smallest absolute Gasteiger partial charge is 0.404 e. The Morgan fingerprint density at radius 3 is 2.97 bits per heavy atom. The third-order valence-corrected chi connectivity index (χ3v) is 6.06. The number of carbonyl (C=O) groups is 1. The summed E-state index contributed by atoms with van der Waals surface area (Å²) in [5.74, 6) is -3.81. The summed E-state index contributed by atoms with van der Waals surface area (Å²) in [6.07, 6.45) is -5.75. The Bertz CT molecular complexity index is 1270. The van der Waals surface area contributed by atoms with Gasteiger partial charge in [0.2, 0.25) is 0 Å². The number of carbonyl (C=O) groups excluding carboxylic acids is 1. The Labute approximate surface area is 181 Å². The van der Waals surface area contributed by atoms with Gasteiger partial charge >= 0.3 is 13.5 Å². The average Bonchev–Trinajstić information content (AvgIpc) is 2.98. The van der Waals surface area contributed by atoms with Gasteiger partial charge in [0.15, 0.2) is 12.5 Å². The van der Waals surface area contributed by atoms with Crippen LogP contribution in [0, 0.1) is 4.64 Å². The van der Waals surface area contributed by atoms with Crippen molar-refractivity contribution in [2.45, 2.75) is 30.9 Å². The van der Waals surface area contributed by atoms with Gasteiger partial charge in [-0.3, -0.25) is 23.4 Å². The molecule has 3 heterocycles. The number of phosphoric acid groups is 1. The number of aromatic nitrogens is 2. The molecule has 31 heavy (non-hydrogen) atoms. The molecule has 5 atom stereocenters. The third kappa shape index (κ3) is 4.01. The number of nitrogens with zero attached hydrogens (tertiary/aromatic N) is 1. The zero-order valence-electron chi connectivity index (χ0n) is 17.3. The highest BCUT2D eigenvalue weighted by Crippen LogP contribution is 2.55. The minimum atomic E-state index is -4.75. The molecule has 0 bridgehead atoms. The highest BCUT2D eigenvalue weighted by atomic mass is 32.1. The lowest BCUT2D eigenvalue weighted by molar-refractivity contribution is -0.205. The quantitative estimate of drug-likeness (QED) is 0.328. The van der Waals surface area contributed by atoms with Crippen molar-refractivity contribution in [3.05, 3.63) is 56.7 Å². The molecular weight excluding hydrogens is 458 g/mol. The molecule has 14 heteroatoms. The van der Waals surface area contributed by atoms with Crippen molar-refractivity contribution in [3.63, 3.8) is 0 Å². The van der Waals surface area contributed by atoms with E-state index in [0.717, 1.165) is 6.20 Å². The van der Waals surface area contributed by atoms with Gasteiger partial charge in [0.05, 0.1) is 14.9 Å². The number of halogens is 1. The molecule has 2 aromatic rings. The molecule has 166 valence electrons. The number of phosphoric ester groups is 1. The lowest BCUT2D eigenvalue weighted by atomic mass is 10.1. The van der Waals surface area contributed by atoms with Crippen LogP contribution >= 0.6 is 20.0 Å². The van der Waals surface area contributed by atoms with E-state index in [2.05, 4.69) is 4.98 Å². The van der Waals surface area contributed by atoms with Crippen molar-refractivity contribution < 1.29 is 45.0 Å². The summed E-state index contributed by atoms with van der Waals surface area (Å²) in [5.41, 5.74) is -0.795. The number of nitrogens with one attached hydrogen (secondary N) is 1. The predicted octanol–water partition coefficient (Wildman–Crippen LogP) is 1.37. The fraction of sp³-hybridized carbons (Fsp3) is 0.353. The van der Waals surface area contributed by atoms with Gasteiger partial charge < -0.3 is 19.5 Å². The molecule has 1 aromatic heterocycles. The monoisotopic (exact) mass is 476 g/mol. The normalized spacial score (nSPS) is 33.7. The van der Waals surface area contributed by atoms with Gasteiger partial charge in [-0.05, 0) is 6.07 Å². The largest absolute Gasteiger partial charge is 0.530 e. The Hall–Kier alpha value is -2.25. The number of aldehydes is 1. The maximum atomic E-state index is 15.7.